The fraction of sp³-hybridized carbons (Fsp3) is 0.0500. The van der Waals surface area contributed by atoms with Crippen LogP contribution in [-0.4, -0.2) is 29.1 Å². The van der Waals surface area contributed by atoms with Crippen LogP contribution in [0.15, 0.2) is 65.1 Å². The van der Waals surface area contributed by atoms with E-state index in [4.69, 9.17) is 17.3 Å². The molecule has 0 saturated carbocycles. The molecule has 0 radical (unpaired) electrons. The van der Waals surface area contributed by atoms with E-state index in [-0.39, 0.29) is 22.2 Å². The minimum Gasteiger partial charge on any atom is -0.365 e. The van der Waals surface area contributed by atoms with Gasteiger partial charge in [-0.1, -0.05) is 23.7 Å². The van der Waals surface area contributed by atoms with E-state index in [2.05, 4.69) is 20.1 Å². The van der Waals surface area contributed by atoms with Gasteiger partial charge in [0.15, 0.2) is 10.9 Å². The number of benzene rings is 2. The zero-order valence-corrected chi connectivity index (χ0v) is 19.1. The summed E-state index contributed by atoms with van der Waals surface area (Å²) in [6.07, 6.45) is 2.89. The number of carbonyl (C=O) groups excluding carboxylic acids is 1. The lowest BCUT2D eigenvalue weighted by atomic mass is 10.2. The molecular weight excluding hydrogens is 491 g/mol. The zero-order chi connectivity index (χ0) is 23.6. The summed E-state index contributed by atoms with van der Waals surface area (Å²) in [5.74, 6) is -1.62. The molecule has 0 fully saturated rings. The number of anilines is 3. The van der Waals surface area contributed by atoms with E-state index in [0.29, 0.717) is 11.6 Å². The Bertz CT molecular complexity index is 1410. The summed E-state index contributed by atoms with van der Waals surface area (Å²) >= 11 is 6.96. The molecule has 0 aliphatic heterocycles. The maximum absolute atomic E-state index is 14.7. The molecule has 2 aromatic carbocycles. The maximum atomic E-state index is 14.7. The van der Waals surface area contributed by atoms with Crippen molar-refractivity contribution in [1.29, 1.82) is 0 Å². The van der Waals surface area contributed by atoms with Gasteiger partial charge in [-0.2, -0.15) is 5.10 Å². The number of nitrogens with one attached hydrogen (secondary N) is 2. The van der Waals surface area contributed by atoms with Crippen LogP contribution in [0.25, 0.3) is 0 Å². The lowest BCUT2D eigenvalue weighted by Gasteiger charge is -2.09. The van der Waals surface area contributed by atoms with E-state index in [1.807, 2.05) is 12.1 Å². The minimum atomic E-state index is -4.17. The van der Waals surface area contributed by atoms with Crippen molar-refractivity contribution in [2.24, 2.45) is 5.73 Å². The van der Waals surface area contributed by atoms with Crippen molar-refractivity contribution >= 4 is 55.5 Å². The van der Waals surface area contributed by atoms with Gasteiger partial charge in [0.2, 0.25) is 0 Å². The first-order valence-electron chi connectivity index (χ1n) is 9.32. The third kappa shape index (κ3) is 5.30. The van der Waals surface area contributed by atoms with Crippen molar-refractivity contribution in [2.75, 3.05) is 10.0 Å². The van der Waals surface area contributed by atoms with Crippen LogP contribution in [0.2, 0.25) is 5.02 Å². The lowest BCUT2D eigenvalue weighted by molar-refractivity contribution is 0.100. The Kier molecular flexibility index (Phi) is 6.31. The second-order valence-corrected chi connectivity index (χ2v) is 9.77. The van der Waals surface area contributed by atoms with E-state index in [1.165, 1.54) is 23.1 Å². The van der Waals surface area contributed by atoms with E-state index in [0.717, 1.165) is 29.0 Å². The normalized spacial score (nSPS) is 11.3. The Morgan fingerprint density at radius 3 is 2.61 bits per heavy atom. The number of aromatic nitrogens is 3. The predicted octanol–water partition coefficient (Wildman–Crippen LogP) is 3.82. The second-order valence-electron chi connectivity index (χ2n) is 6.79. The van der Waals surface area contributed by atoms with Crippen LogP contribution in [0.5, 0.6) is 0 Å². The van der Waals surface area contributed by atoms with Gasteiger partial charge >= 0.3 is 0 Å². The first-order chi connectivity index (χ1) is 15.7. The molecule has 4 rings (SSSR count). The van der Waals surface area contributed by atoms with E-state index in [1.54, 1.807) is 17.5 Å². The molecule has 2 aromatic heterocycles. The molecule has 0 atom stereocenters. The van der Waals surface area contributed by atoms with Gasteiger partial charge in [-0.15, -0.1) is 11.3 Å². The quantitative estimate of drug-likeness (QED) is 0.333. The van der Waals surface area contributed by atoms with Gasteiger partial charge in [0.1, 0.15) is 16.3 Å². The summed E-state index contributed by atoms with van der Waals surface area (Å²) in [4.78, 5) is 15.1. The number of nitrogens with two attached hydrogens (primary N) is 1. The first kappa shape index (κ1) is 22.7. The standard InChI is InChI=1S/C20H16ClFN6O3S2/c21-13-3-1-12(2-4-13)10-28-11-15(18(23)29)19(26-28)25-14-5-6-17(16(22)9-14)33(30,31)27-20-24-7-8-32-20/h1-9,11H,10H2,(H2,23,29)(H,24,27)(H,25,26). The Labute approximate surface area is 197 Å². The fourth-order valence-corrected chi connectivity index (χ4v) is 4.90. The molecule has 1 amide bonds. The van der Waals surface area contributed by atoms with Crippen molar-refractivity contribution < 1.29 is 17.6 Å². The van der Waals surface area contributed by atoms with Crippen LogP contribution >= 0.6 is 22.9 Å². The molecule has 33 heavy (non-hydrogen) atoms. The fourth-order valence-electron chi connectivity index (χ4n) is 2.93. The number of halogens is 2. The van der Waals surface area contributed by atoms with Crippen LogP contribution in [-0.2, 0) is 16.6 Å². The number of amides is 1. The molecule has 0 aliphatic rings. The number of hydrogen-bond donors (Lipinski definition) is 3. The summed E-state index contributed by atoms with van der Waals surface area (Å²) in [5.41, 5.74) is 6.61. The van der Waals surface area contributed by atoms with Crippen molar-refractivity contribution in [3.63, 3.8) is 0 Å². The molecular formula is C20H16ClFN6O3S2. The molecule has 2 heterocycles. The van der Waals surface area contributed by atoms with Crippen molar-refractivity contribution in [3.8, 4) is 0 Å². The Morgan fingerprint density at radius 1 is 1.21 bits per heavy atom. The number of carbonyl (C=O) groups is 1. The SMILES string of the molecule is NC(=O)c1cn(Cc2ccc(Cl)cc2)nc1Nc1ccc(S(=O)(=O)Nc2nccs2)c(F)c1. The molecule has 0 spiro atoms. The molecule has 9 nitrogen and oxygen atoms in total. The number of hydrogen-bond acceptors (Lipinski definition) is 7. The van der Waals surface area contributed by atoms with Crippen LogP contribution < -0.4 is 15.8 Å². The molecule has 0 bridgehead atoms. The highest BCUT2D eigenvalue weighted by Gasteiger charge is 2.21. The topological polar surface area (TPSA) is 132 Å². The van der Waals surface area contributed by atoms with Crippen LogP contribution in [0.3, 0.4) is 0 Å². The van der Waals surface area contributed by atoms with E-state index >= 15 is 0 Å². The van der Waals surface area contributed by atoms with Crippen LogP contribution in [0.1, 0.15) is 15.9 Å². The summed E-state index contributed by atoms with van der Waals surface area (Å²) < 4.78 is 43.3. The van der Waals surface area contributed by atoms with Crippen LogP contribution in [0.4, 0.5) is 21.0 Å². The smallest absolute Gasteiger partial charge is 0.266 e. The number of rotatable bonds is 8. The average molecular weight is 507 g/mol. The highest BCUT2D eigenvalue weighted by atomic mass is 35.5. The lowest BCUT2D eigenvalue weighted by Crippen LogP contribution is -2.15. The number of thiazole rings is 1. The number of nitrogens with zero attached hydrogens (tertiary/aromatic N) is 3. The Balaban J connectivity index is 1.57. The predicted molar refractivity (Wildman–Crippen MR) is 124 cm³/mol. The third-order valence-electron chi connectivity index (χ3n) is 4.42. The van der Waals surface area contributed by atoms with Gasteiger partial charge in [0.25, 0.3) is 15.9 Å². The van der Waals surface area contributed by atoms with Crippen LogP contribution in [0, 0.1) is 5.82 Å². The zero-order valence-electron chi connectivity index (χ0n) is 16.7. The van der Waals surface area contributed by atoms with Gasteiger partial charge in [0.05, 0.1) is 6.54 Å². The minimum absolute atomic E-state index is 0.0894. The van der Waals surface area contributed by atoms with Gasteiger partial charge in [-0.05, 0) is 35.9 Å². The van der Waals surface area contributed by atoms with Crippen molar-refractivity contribution in [3.05, 3.63) is 82.2 Å². The monoisotopic (exact) mass is 506 g/mol. The number of sulfonamides is 1. The highest BCUT2D eigenvalue weighted by Crippen LogP contribution is 2.25. The molecule has 13 heteroatoms. The van der Waals surface area contributed by atoms with Gasteiger partial charge in [-0.25, -0.2) is 17.8 Å². The van der Waals surface area contributed by atoms with E-state index < -0.39 is 26.6 Å². The largest absolute Gasteiger partial charge is 0.365 e. The molecule has 0 aliphatic carbocycles. The van der Waals surface area contributed by atoms with Gasteiger partial charge in [-0.3, -0.25) is 14.2 Å². The maximum Gasteiger partial charge on any atom is 0.266 e. The summed E-state index contributed by atoms with van der Waals surface area (Å²) in [7, 11) is -4.17. The molecule has 0 unspecified atom stereocenters. The molecule has 0 saturated heterocycles. The second kappa shape index (κ2) is 9.17. The van der Waals surface area contributed by atoms with Crippen molar-refractivity contribution in [2.45, 2.75) is 11.4 Å². The Hall–Kier alpha value is -3.48. The average Bonchev–Trinajstić information content (AvgIpc) is 3.39. The van der Waals surface area contributed by atoms with E-state index in [9.17, 15) is 17.6 Å². The summed E-state index contributed by atoms with van der Waals surface area (Å²) in [6, 6.07) is 10.5. The third-order valence-corrected chi connectivity index (χ3v) is 6.87. The molecule has 4 aromatic rings. The number of primary amides is 1. The summed E-state index contributed by atoms with van der Waals surface area (Å²) in [5, 5.41) is 9.42. The highest BCUT2D eigenvalue weighted by molar-refractivity contribution is 7.93. The summed E-state index contributed by atoms with van der Waals surface area (Å²) in [6.45, 7) is 0.340. The van der Waals surface area contributed by atoms with Crippen molar-refractivity contribution in [1.82, 2.24) is 14.8 Å². The van der Waals surface area contributed by atoms with Gasteiger partial charge < -0.3 is 11.1 Å². The molecule has 4 N–H and O–H groups in total. The molecule has 170 valence electrons. The van der Waals surface area contributed by atoms with Gasteiger partial charge in [0, 0.05) is 28.5 Å². The Morgan fingerprint density at radius 2 is 1.97 bits per heavy atom. The first-order valence-corrected chi connectivity index (χ1v) is 12.1.